The van der Waals surface area contributed by atoms with Gasteiger partial charge in [-0.25, -0.2) is 0 Å². The van der Waals surface area contributed by atoms with Gasteiger partial charge in [-0.1, -0.05) is 29.4 Å². The molecular weight excluding hydrogens is 388 g/mol. The lowest BCUT2D eigenvalue weighted by atomic mass is 10.2. The van der Waals surface area contributed by atoms with E-state index in [0.29, 0.717) is 31.3 Å². The number of hydrogen-bond acceptors (Lipinski definition) is 7. The molecular formula is C21H24N4O3S. The van der Waals surface area contributed by atoms with Gasteiger partial charge in [0.1, 0.15) is 5.75 Å². The summed E-state index contributed by atoms with van der Waals surface area (Å²) in [5, 5.41) is 6.05. The molecule has 152 valence electrons. The van der Waals surface area contributed by atoms with Crippen LogP contribution in [0.4, 0.5) is 0 Å². The minimum absolute atomic E-state index is 0.194. The summed E-state index contributed by atoms with van der Waals surface area (Å²) in [7, 11) is 0. The number of carbonyl (C=O) groups excluding carboxylic acids is 1. The van der Waals surface area contributed by atoms with Crippen molar-refractivity contribution in [1.82, 2.24) is 19.9 Å². The lowest BCUT2D eigenvalue weighted by molar-refractivity contribution is -0.133. The van der Waals surface area contributed by atoms with Gasteiger partial charge in [-0.2, -0.15) is 4.98 Å². The molecule has 1 aliphatic rings. The Morgan fingerprint density at radius 2 is 1.93 bits per heavy atom. The van der Waals surface area contributed by atoms with E-state index in [2.05, 4.69) is 15.0 Å². The van der Waals surface area contributed by atoms with Crippen molar-refractivity contribution < 1.29 is 14.1 Å². The molecule has 1 fully saturated rings. The van der Waals surface area contributed by atoms with E-state index in [-0.39, 0.29) is 5.91 Å². The third kappa shape index (κ3) is 5.42. The number of piperazine rings is 1. The molecule has 0 saturated carbocycles. The zero-order valence-electron chi connectivity index (χ0n) is 16.2. The number of para-hydroxylation sites is 1. The molecule has 0 aliphatic carbocycles. The minimum atomic E-state index is 0.194. The molecule has 1 aliphatic heterocycles. The summed E-state index contributed by atoms with van der Waals surface area (Å²) in [5.41, 5.74) is 0. The molecule has 1 saturated heterocycles. The number of rotatable bonds is 8. The van der Waals surface area contributed by atoms with Gasteiger partial charge in [-0.3, -0.25) is 9.69 Å². The van der Waals surface area contributed by atoms with Crippen molar-refractivity contribution >= 4 is 17.2 Å². The summed E-state index contributed by atoms with van der Waals surface area (Å²) < 4.78 is 11.0. The summed E-state index contributed by atoms with van der Waals surface area (Å²) in [4.78, 5) is 22.1. The molecule has 1 amide bonds. The molecule has 4 rings (SSSR count). The van der Waals surface area contributed by atoms with Crippen molar-refractivity contribution in [3.63, 3.8) is 0 Å². The van der Waals surface area contributed by atoms with Gasteiger partial charge in [0.2, 0.25) is 17.6 Å². The van der Waals surface area contributed by atoms with Crippen molar-refractivity contribution in [2.45, 2.75) is 19.4 Å². The molecule has 0 spiro atoms. The first-order valence-electron chi connectivity index (χ1n) is 9.82. The second-order valence-corrected chi connectivity index (χ2v) is 7.86. The largest absolute Gasteiger partial charge is 0.494 e. The first-order chi connectivity index (χ1) is 14.3. The summed E-state index contributed by atoms with van der Waals surface area (Å²) in [6, 6.07) is 13.6. The molecule has 3 aromatic rings. The Bertz CT molecular complexity index is 890. The maximum atomic E-state index is 12.4. The number of benzene rings is 1. The van der Waals surface area contributed by atoms with Gasteiger partial charge in [-0.05, 0) is 30.0 Å². The average molecular weight is 413 g/mol. The molecule has 7 nitrogen and oxygen atoms in total. The SMILES string of the molecule is O=C(CCCOc1ccccc1)N1CCN(Cc2nc(-c3cccs3)no2)CC1. The molecule has 0 radical (unpaired) electrons. The normalized spacial score (nSPS) is 14.8. The number of carbonyl (C=O) groups is 1. The van der Waals surface area contributed by atoms with Crippen LogP contribution >= 0.6 is 11.3 Å². The molecule has 8 heteroatoms. The first kappa shape index (κ1) is 19.6. The summed E-state index contributed by atoms with van der Waals surface area (Å²) in [5.74, 6) is 2.30. The summed E-state index contributed by atoms with van der Waals surface area (Å²) >= 11 is 1.59. The van der Waals surface area contributed by atoms with Crippen LogP contribution in [0, 0.1) is 0 Å². The summed E-state index contributed by atoms with van der Waals surface area (Å²) in [6.45, 7) is 4.24. The van der Waals surface area contributed by atoms with Crippen molar-refractivity contribution in [2.75, 3.05) is 32.8 Å². The molecule has 0 bridgehead atoms. The Morgan fingerprint density at radius 3 is 2.69 bits per heavy atom. The van der Waals surface area contributed by atoms with Gasteiger partial charge in [0, 0.05) is 32.6 Å². The molecule has 0 unspecified atom stereocenters. The van der Waals surface area contributed by atoms with Gasteiger partial charge in [0.15, 0.2) is 0 Å². The van der Waals surface area contributed by atoms with Crippen LogP contribution in [0.2, 0.25) is 0 Å². The Balaban J connectivity index is 1.16. The molecule has 0 atom stereocenters. The number of thiophene rings is 1. The van der Waals surface area contributed by atoms with Crippen LogP contribution in [-0.4, -0.2) is 58.6 Å². The van der Waals surface area contributed by atoms with E-state index in [1.54, 1.807) is 11.3 Å². The van der Waals surface area contributed by atoms with E-state index < -0.39 is 0 Å². The van der Waals surface area contributed by atoms with Crippen LogP contribution in [0.5, 0.6) is 5.75 Å². The van der Waals surface area contributed by atoms with E-state index in [9.17, 15) is 4.79 Å². The van der Waals surface area contributed by atoms with Gasteiger partial charge in [-0.15, -0.1) is 11.3 Å². The van der Waals surface area contributed by atoms with E-state index >= 15 is 0 Å². The van der Waals surface area contributed by atoms with Crippen LogP contribution in [0.25, 0.3) is 10.7 Å². The highest BCUT2D eigenvalue weighted by Gasteiger charge is 2.22. The zero-order chi connectivity index (χ0) is 19.9. The molecule has 2 aromatic heterocycles. The van der Waals surface area contributed by atoms with E-state index in [1.165, 1.54) is 0 Å². The predicted octanol–water partition coefficient (Wildman–Crippen LogP) is 3.30. The first-order valence-corrected chi connectivity index (χ1v) is 10.7. The van der Waals surface area contributed by atoms with Crippen LogP contribution in [0.3, 0.4) is 0 Å². The highest BCUT2D eigenvalue weighted by molar-refractivity contribution is 7.13. The number of hydrogen-bond donors (Lipinski definition) is 0. The highest BCUT2D eigenvalue weighted by atomic mass is 32.1. The fourth-order valence-electron chi connectivity index (χ4n) is 3.26. The fraction of sp³-hybridized carbons (Fsp3) is 0.381. The Hall–Kier alpha value is -2.71. The monoisotopic (exact) mass is 412 g/mol. The number of aromatic nitrogens is 2. The smallest absolute Gasteiger partial charge is 0.241 e. The van der Waals surface area contributed by atoms with Gasteiger partial charge >= 0.3 is 0 Å². The van der Waals surface area contributed by atoms with Crippen LogP contribution in [0.15, 0.2) is 52.4 Å². The molecule has 1 aromatic carbocycles. The second-order valence-electron chi connectivity index (χ2n) is 6.91. The van der Waals surface area contributed by atoms with Crippen LogP contribution in [-0.2, 0) is 11.3 Å². The summed E-state index contributed by atoms with van der Waals surface area (Å²) in [6.07, 6.45) is 1.24. The molecule has 3 heterocycles. The Morgan fingerprint density at radius 1 is 1.10 bits per heavy atom. The Labute approximate surface area is 173 Å². The number of amides is 1. The lowest BCUT2D eigenvalue weighted by Crippen LogP contribution is -2.48. The highest BCUT2D eigenvalue weighted by Crippen LogP contribution is 2.21. The standard InChI is InChI=1S/C21H24N4O3S/c26-20(9-4-14-27-17-6-2-1-3-7-17)25-12-10-24(11-13-25)16-19-22-21(23-28-19)18-8-5-15-29-18/h1-3,5-8,15H,4,9-14,16H2. The lowest BCUT2D eigenvalue weighted by Gasteiger charge is -2.34. The van der Waals surface area contributed by atoms with Gasteiger partial charge in [0.25, 0.3) is 0 Å². The van der Waals surface area contributed by atoms with Crippen molar-refractivity contribution in [3.05, 3.63) is 53.7 Å². The maximum absolute atomic E-state index is 12.4. The topological polar surface area (TPSA) is 71.7 Å². The quantitative estimate of drug-likeness (QED) is 0.529. The number of nitrogens with zero attached hydrogens (tertiary/aromatic N) is 4. The third-order valence-corrected chi connectivity index (χ3v) is 5.71. The van der Waals surface area contributed by atoms with Crippen molar-refractivity contribution in [1.29, 1.82) is 0 Å². The minimum Gasteiger partial charge on any atom is -0.494 e. The number of ether oxygens (including phenoxy) is 1. The van der Waals surface area contributed by atoms with Gasteiger partial charge < -0.3 is 14.2 Å². The van der Waals surface area contributed by atoms with Crippen molar-refractivity contribution in [3.8, 4) is 16.5 Å². The van der Waals surface area contributed by atoms with Crippen molar-refractivity contribution in [2.24, 2.45) is 0 Å². The van der Waals surface area contributed by atoms with E-state index in [0.717, 1.165) is 43.2 Å². The third-order valence-electron chi connectivity index (χ3n) is 4.84. The average Bonchev–Trinajstić information content (AvgIpc) is 3.44. The van der Waals surface area contributed by atoms with E-state index in [1.807, 2.05) is 52.7 Å². The molecule has 29 heavy (non-hydrogen) atoms. The van der Waals surface area contributed by atoms with Crippen LogP contribution < -0.4 is 4.74 Å². The predicted molar refractivity (Wildman–Crippen MR) is 111 cm³/mol. The molecule has 0 N–H and O–H groups in total. The van der Waals surface area contributed by atoms with E-state index in [4.69, 9.17) is 9.26 Å². The zero-order valence-corrected chi connectivity index (χ0v) is 17.0. The maximum Gasteiger partial charge on any atom is 0.241 e. The second kappa shape index (κ2) is 9.67. The fourth-order valence-corrected chi connectivity index (χ4v) is 3.91. The van der Waals surface area contributed by atoms with Crippen LogP contribution in [0.1, 0.15) is 18.7 Å². The Kier molecular flexibility index (Phi) is 6.53. The van der Waals surface area contributed by atoms with Gasteiger partial charge in [0.05, 0.1) is 18.0 Å².